The van der Waals surface area contributed by atoms with Crippen molar-refractivity contribution in [3.63, 3.8) is 0 Å². The number of benzene rings is 1. The van der Waals surface area contributed by atoms with E-state index in [0.717, 1.165) is 5.56 Å². The summed E-state index contributed by atoms with van der Waals surface area (Å²) in [7, 11) is 0. The summed E-state index contributed by atoms with van der Waals surface area (Å²) in [5.74, 6) is -0.0897. The molecule has 0 atom stereocenters. The molecule has 1 amide bonds. The molecule has 30 heavy (non-hydrogen) atoms. The second kappa shape index (κ2) is 10.0. The van der Waals surface area contributed by atoms with Crippen LogP contribution in [-0.4, -0.2) is 44.6 Å². The Balaban J connectivity index is 1.87. The number of aromatic nitrogens is 4. The lowest BCUT2D eigenvalue weighted by Gasteiger charge is -2.10. The highest BCUT2D eigenvalue weighted by atomic mass is 32.2. The minimum atomic E-state index is -0.469. The van der Waals surface area contributed by atoms with Crippen molar-refractivity contribution in [3.05, 3.63) is 46.2 Å². The molecule has 0 radical (unpaired) electrons. The van der Waals surface area contributed by atoms with Gasteiger partial charge in [-0.05, 0) is 5.56 Å². The quantitative estimate of drug-likeness (QED) is 0.299. The topological polar surface area (TPSA) is 128 Å². The van der Waals surface area contributed by atoms with E-state index in [1.165, 1.54) is 25.6 Å². The first kappa shape index (κ1) is 21.5. The monoisotopic (exact) mass is 431 g/mol. The van der Waals surface area contributed by atoms with Crippen molar-refractivity contribution >= 4 is 40.8 Å². The van der Waals surface area contributed by atoms with Gasteiger partial charge < -0.3 is 9.47 Å². The maximum absolute atomic E-state index is 12.4. The van der Waals surface area contributed by atoms with Crippen LogP contribution in [0.5, 0.6) is 0 Å². The Hall–Kier alpha value is -3.18. The van der Waals surface area contributed by atoms with Crippen LogP contribution in [0.4, 0.5) is 5.95 Å². The molecule has 0 fully saturated rings. The Morgan fingerprint density at radius 3 is 2.63 bits per heavy atom. The average Bonchev–Trinajstić information content (AvgIpc) is 3.04. The molecule has 2 heterocycles. The number of aromatic amines is 1. The fourth-order valence-corrected chi connectivity index (χ4v) is 3.50. The van der Waals surface area contributed by atoms with Gasteiger partial charge in [-0.2, -0.15) is 4.98 Å². The van der Waals surface area contributed by atoms with E-state index >= 15 is 0 Å². The third kappa shape index (κ3) is 5.67. The van der Waals surface area contributed by atoms with E-state index < -0.39 is 5.56 Å². The summed E-state index contributed by atoms with van der Waals surface area (Å²) in [5.41, 5.74) is 1.05. The van der Waals surface area contributed by atoms with Gasteiger partial charge in [0, 0.05) is 19.6 Å². The lowest BCUT2D eigenvalue weighted by molar-refractivity contribution is -0.142. The zero-order chi connectivity index (χ0) is 21.5. The number of esters is 1. The molecular weight excluding hydrogens is 410 g/mol. The van der Waals surface area contributed by atoms with Crippen LogP contribution < -0.4 is 10.9 Å². The number of hydrogen-bond donors (Lipinski definition) is 2. The van der Waals surface area contributed by atoms with Crippen LogP contribution in [0.15, 0.2) is 40.3 Å². The fourth-order valence-electron chi connectivity index (χ4n) is 2.57. The predicted octanol–water partition coefficient (Wildman–Crippen LogP) is 1.91. The Bertz CT molecular complexity index is 1100. The van der Waals surface area contributed by atoms with Crippen molar-refractivity contribution in [3.8, 4) is 0 Å². The molecule has 0 spiro atoms. The van der Waals surface area contributed by atoms with E-state index in [1.807, 2.05) is 30.3 Å². The van der Waals surface area contributed by atoms with Crippen molar-refractivity contribution in [1.29, 1.82) is 0 Å². The van der Waals surface area contributed by atoms with Crippen LogP contribution in [0.3, 0.4) is 0 Å². The molecule has 0 unspecified atom stereocenters. The number of nitrogens with one attached hydrogen (secondary N) is 2. The van der Waals surface area contributed by atoms with Crippen molar-refractivity contribution < 1.29 is 19.1 Å². The van der Waals surface area contributed by atoms with Gasteiger partial charge in [0.25, 0.3) is 5.56 Å². The van der Waals surface area contributed by atoms with Crippen molar-refractivity contribution in [2.45, 2.75) is 31.5 Å². The molecule has 3 aromatic rings. The van der Waals surface area contributed by atoms with Gasteiger partial charge in [0.15, 0.2) is 16.3 Å². The molecule has 0 aliphatic rings. The molecule has 2 aromatic heterocycles. The number of anilines is 1. The standard InChI is InChI=1S/C19H21N5O5S/c1-12(25)20-18-22-16-15(17(27)23-18)21-19(30-10-14-6-4-3-5-7-14)24(16)11-28-8-9-29-13(2)26/h3-7H,8-11H2,1-2H3,(H2,20,22,23,25,27). The van der Waals surface area contributed by atoms with Gasteiger partial charge in [0.05, 0.1) is 6.61 Å². The zero-order valence-electron chi connectivity index (χ0n) is 16.5. The van der Waals surface area contributed by atoms with Crippen molar-refractivity contribution in [1.82, 2.24) is 19.5 Å². The number of fused-ring (bicyclic) bond motifs is 1. The molecule has 2 N–H and O–H groups in total. The molecular formula is C19H21N5O5S. The number of hydrogen-bond acceptors (Lipinski definition) is 8. The second-order valence-corrected chi connectivity index (χ2v) is 7.18. The molecule has 10 nitrogen and oxygen atoms in total. The number of carbonyl (C=O) groups excluding carboxylic acids is 2. The maximum Gasteiger partial charge on any atom is 0.302 e. The fraction of sp³-hybridized carbons (Fsp3) is 0.316. The number of H-pyrrole nitrogens is 1. The minimum absolute atomic E-state index is 0.0284. The highest BCUT2D eigenvalue weighted by Crippen LogP contribution is 2.25. The Kier molecular flexibility index (Phi) is 7.20. The summed E-state index contributed by atoms with van der Waals surface area (Å²) in [6.07, 6.45) is 0. The number of carbonyl (C=O) groups is 2. The molecule has 0 saturated heterocycles. The van der Waals surface area contributed by atoms with Gasteiger partial charge in [-0.3, -0.25) is 29.3 Å². The lowest BCUT2D eigenvalue weighted by Crippen LogP contribution is -2.17. The predicted molar refractivity (Wildman–Crippen MR) is 111 cm³/mol. The van der Waals surface area contributed by atoms with Crippen LogP contribution in [0, 0.1) is 0 Å². The third-order valence-corrected chi connectivity index (χ3v) is 4.88. The highest BCUT2D eigenvalue weighted by molar-refractivity contribution is 7.98. The maximum atomic E-state index is 12.4. The van der Waals surface area contributed by atoms with Gasteiger partial charge in [-0.15, -0.1) is 0 Å². The van der Waals surface area contributed by atoms with Crippen LogP contribution in [-0.2, 0) is 31.5 Å². The third-order valence-electron chi connectivity index (χ3n) is 3.83. The first-order chi connectivity index (χ1) is 14.4. The second-order valence-electron chi connectivity index (χ2n) is 6.24. The average molecular weight is 431 g/mol. The van der Waals surface area contributed by atoms with Gasteiger partial charge >= 0.3 is 5.97 Å². The smallest absolute Gasteiger partial charge is 0.302 e. The van der Waals surface area contributed by atoms with E-state index in [2.05, 4.69) is 20.3 Å². The van der Waals surface area contributed by atoms with E-state index in [0.29, 0.717) is 10.9 Å². The first-order valence-corrected chi connectivity index (χ1v) is 10.1. The first-order valence-electron chi connectivity index (χ1n) is 9.10. The van der Waals surface area contributed by atoms with Crippen LogP contribution in [0.2, 0.25) is 0 Å². The minimum Gasteiger partial charge on any atom is -0.463 e. The van der Waals surface area contributed by atoms with Gasteiger partial charge in [0.2, 0.25) is 11.9 Å². The summed E-state index contributed by atoms with van der Waals surface area (Å²) < 4.78 is 12.1. The number of ether oxygens (including phenoxy) is 2. The van der Waals surface area contributed by atoms with Crippen LogP contribution in [0.25, 0.3) is 11.2 Å². The normalized spacial score (nSPS) is 10.9. The largest absolute Gasteiger partial charge is 0.463 e. The van der Waals surface area contributed by atoms with E-state index in [9.17, 15) is 14.4 Å². The Morgan fingerprint density at radius 1 is 1.17 bits per heavy atom. The van der Waals surface area contributed by atoms with E-state index in [4.69, 9.17) is 9.47 Å². The number of amides is 1. The van der Waals surface area contributed by atoms with Crippen molar-refractivity contribution in [2.75, 3.05) is 18.5 Å². The number of rotatable bonds is 9. The van der Waals surface area contributed by atoms with Gasteiger partial charge in [-0.1, -0.05) is 42.1 Å². The molecule has 0 saturated carbocycles. The summed E-state index contributed by atoms with van der Waals surface area (Å²) in [6.45, 7) is 2.97. The Labute approximate surface area is 176 Å². The lowest BCUT2D eigenvalue weighted by atomic mass is 10.2. The molecule has 0 aliphatic heterocycles. The molecule has 0 bridgehead atoms. The Morgan fingerprint density at radius 2 is 1.93 bits per heavy atom. The van der Waals surface area contributed by atoms with E-state index in [1.54, 1.807) is 4.57 Å². The number of thioether (sulfide) groups is 1. The zero-order valence-corrected chi connectivity index (χ0v) is 17.3. The highest BCUT2D eigenvalue weighted by Gasteiger charge is 2.17. The van der Waals surface area contributed by atoms with Crippen molar-refractivity contribution in [2.24, 2.45) is 0 Å². The van der Waals surface area contributed by atoms with Gasteiger partial charge in [0.1, 0.15) is 13.3 Å². The molecule has 3 rings (SSSR count). The molecule has 0 aliphatic carbocycles. The van der Waals surface area contributed by atoms with Crippen LogP contribution in [0.1, 0.15) is 19.4 Å². The molecule has 11 heteroatoms. The summed E-state index contributed by atoms with van der Waals surface area (Å²) >= 11 is 1.43. The molecule has 1 aromatic carbocycles. The van der Waals surface area contributed by atoms with E-state index in [-0.39, 0.29) is 48.9 Å². The SMILES string of the molecule is CC(=O)Nc1nc2c(nc(SCc3ccccc3)n2COCCOC(C)=O)c(=O)[nH]1. The number of imidazole rings is 1. The van der Waals surface area contributed by atoms with Gasteiger partial charge in [-0.25, -0.2) is 4.98 Å². The van der Waals surface area contributed by atoms with Crippen LogP contribution >= 0.6 is 11.8 Å². The molecule has 158 valence electrons. The number of nitrogens with zero attached hydrogens (tertiary/aromatic N) is 3. The summed E-state index contributed by atoms with van der Waals surface area (Å²) in [5, 5.41) is 3.01. The summed E-state index contributed by atoms with van der Waals surface area (Å²) in [6, 6.07) is 9.82. The summed E-state index contributed by atoms with van der Waals surface area (Å²) in [4.78, 5) is 45.9.